The van der Waals surface area contributed by atoms with E-state index in [4.69, 9.17) is 41.9 Å². The number of hydrogen-bond donors (Lipinski definition) is 10. The molecule has 0 aromatic rings. The standard InChI is InChI=1S/C19H38N4O10/c1-4(20)14-12(28)13(29)19(30-14)33-17-9(25)6(21)3-7(22)16(17)32-18-8(23)10(26)11(27)15(31-18)5(2)24/h4-19,24-29H,3,20-23H2,1-2H3/t4-,5+,6-,7+,8+,9+,10+,11-,12-,13+,14+,15+,16-,17-,18+,19-/m0/s1. The van der Waals surface area contributed by atoms with Crippen LogP contribution >= 0.6 is 0 Å². The third-order valence-electron chi connectivity index (χ3n) is 6.58. The van der Waals surface area contributed by atoms with E-state index in [1.54, 1.807) is 6.92 Å². The van der Waals surface area contributed by atoms with E-state index in [2.05, 4.69) is 0 Å². The van der Waals surface area contributed by atoms with Crippen molar-refractivity contribution in [3.05, 3.63) is 0 Å². The molecule has 0 amide bonds. The molecule has 1 saturated carbocycles. The van der Waals surface area contributed by atoms with Crippen LogP contribution in [0.1, 0.15) is 20.3 Å². The molecule has 0 aromatic carbocycles. The number of hydrogen-bond acceptors (Lipinski definition) is 14. The van der Waals surface area contributed by atoms with Crippen molar-refractivity contribution in [1.29, 1.82) is 0 Å². The topological polar surface area (TPSA) is 262 Å². The summed E-state index contributed by atoms with van der Waals surface area (Å²) < 4.78 is 22.9. The van der Waals surface area contributed by atoms with Crippen LogP contribution < -0.4 is 22.9 Å². The van der Waals surface area contributed by atoms with Gasteiger partial charge in [-0.1, -0.05) is 0 Å². The third kappa shape index (κ3) is 5.34. The van der Waals surface area contributed by atoms with Gasteiger partial charge in [0.2, 0.25) is 0 Å². The van der Waals surface area contributed by atoms with Crippen molar-refractivity contribution >= 4 is 0 Å². The molecule has 2 aliphatic heterocycles. The Morgan fingerprint density at radius 1 is 0.727 bits per heavy atom. The Balaban J connectivity index is 1.80. The maximum absolute atomic E-state index is 10.7. The Hall–Kier alpha value is -0.560. The minimum Gasteiger partial charge on any atom is -0.391 e. The van der Waals surface area contributed by atoms with E-state index in [1.807, 2.05) is 0 Å². The lowest BCUT2D eigenvalue weighted by Gasteiger charge is -2.47. The van der Waals surface area contributed by atoms with E-state index in [9.17, 15) is 30.6 Å². The fourth-order valence-electron chi connectivity index (χ4n) is 4.57. The quantitative estimate of drug-likeness (QED) is 0.169. The molecule has 0 aromatic heterocycles. The molecule has 16 atom stereocenters. The molecular weight excluding hydrogens is 444 g/mol. The zero-order valence-electron chi connectivity index (χ0n) is 18.6. The zero-order chi connectivity index (χ0) is 24.8. The summed E-state index contributed by atoms with van der Waals surface area (Å²) in [6.45, 7) is 2.96. The molecule has 2 saturated heterocycles. The first-order chi connectivity index (χ1) is 15.3. The van der Waals surface area contributed by atoms with Gasteiger partial charge >= 0.3 is 0 Å². The monoisotopic (exact) mass is 482 g/mol. The van der Waals surface area contributed by atoms with Crippen LogP contribution in [0.3, 0.4) is 0 Å². The molecule has 3 fully saturated rings. The summed E-state index contributed by atoms with van der Waals surface area (Å²) in [6, 6.07) is -3.41. The van der Waals surface area contributed by atoms with Crippen molar-refractivity contribution in [2.45, 2.75) is 118 Å². The van der Waals surface area contributed by atoms with E-state index in [-0.39, 0.29) is 6.42 Å². The van der Waals surface area contributed by atoms with Crippen LogP contribution in [-0.2, 0) is 18.9 Å². The van der Waals surface area contributed by atoms with Gasteiger partial charge in [-0.3, -0.25) is 0 Å². The number of aliphatic hydroxyl groups is 6. The molecule has 2 heterocycles. The predicted octanol–water partition coefficient (Wildman–Crippen LogP) is -5.88. The van der Waals surface area contributed by atoms with E-state index >= 15 is 0 Å². The SMILES string of the molecule is C[C@H](N)[C@H]1O[C@@H](O[C@H]2[C@H](O)[C@@H](N)C[C@@H](N)[C@@H]2O[C@H]2O[C@H]([C@@H](C)O)[C@@H](O)[C@H](O)[C@H]2N)[C@H](O)[C@@H]1O. The minimum atomic E-state index is -1.48. The highest BCUT2D eigenvalue weighted by Crippen LogP contribution is 2.32. The minimum absolute atomic E-state index is 0.137. The number of ether oxygens (including phenoxy) is 4. The summed E-state index contributed by atoms with van der Waals surface area (Å²) in [5, 5.41) is 61.6. The van der Waals surface area contributed by atoms with Gasteiger partial charge in [0.05, 0.1) is 18.2 Å². The van der Waals surface area contributed by atoms with Crippen LogP contribution in [0, 0.1) is 0 Å². The fraction of sp³-hybridized carbons (Fsp3) is 1.00. The summed E-state index contributed by atoms with van der Waals surface area (Å²) in [5.41, 5.74) is 24.0. The number of aliphatic hydroxyl groups excluding tert-OH is 6. The van der Waals surface area contributed by atoms with Gasteiger partial charge in [-0.25, -0.2) is 0 Å². The first-order valence-corrected chi connectivity index (χ1v) is 11.1. The summed E-state index contributed by atoms with van der Waals surface area (Å²) in [5.74, 6) is 0. The molecule has 1 aliphatic carbocycles. The molecule has 0 radical (unpaired) electrons. The van der Waals surface area contributed by atoms with Gasteiger partial charge in [-0.15, -0.1) is 0 Å². The van der Waals surface area contributed by atoms with E-state index < -0.39 is 97.8 Å². The zero-order valence-corrected chi connectivity index (χ0v) is 18.6. The van der Waals surface area contributed by atoms with Crippen LogP contribution in [-0.4, -0.2) is 128 Å². The normalized spacial score (nSPS) is 53.1. The van der Waals surface area contributed by atoms with Crippen molar-refractivity contribution in [2.24, 2.45) is 22.9 Å². The molecule has 0 unspecified atom stereocenters. The Kier molecular flexibility index (Phi) is 8.68. The van der Waals surface area contributed by atoms with Gasteiger partial charge < -0.3 is 72.5 Å². The van der Waals surface area contributed by atoms with Gasteiger partial charge in [0.1, 0.15) is 48.8 Å². The molecule has 3 rings (SSSR count). The lowest BCUT2D eigenvalue weighted by atomic mass is 9.84. The van der Waals surface area contributed by atoms with Gasteiger partial charge in [0.15, 0.2) is 12.6 Å². The Bertz CT molecular complexity index is 648. The first kappa shape index (κ1) is 27.0. The van der Waals surface area contributed by atoms with Crippen LogP contribution in [0.25, 0.3) is 0 Å². The van der Waals surface area contributed by atoms with E-state index in [0.717, 1.165) is 0 Å². The van der Waals surface area contributed by atoms with Crippen molar-refractivity contribution < 1.29 is 49.6 Å². The van der Waals surface area contributed by atoms with Gasteiger partial charge in [-0.2, -0.15) is 0 Å². The summed E-state index contributed by atoms with van der Waals surface area (Å²) in [4.78, 5) is 0. The first-order valence-electron chi connectivity index (χ1n) is 11.1. The highest BCUT2D eigenvalue weighted by Gasteiger charge is 2.52. The van der Waals surface area contributed by atoms with E-state index in [0.29, 0.717) is 0 Å². The smallest absolute Gasteiger partial charge is 0.187 e. The van der Waals surface area contributed by atoms with Crippen molar-refractivity contribution in [1.82, 2.24) is 0 Å². The highest BCUT2D eigenvalue weighted by molar-refractivity contribution is 5.02. The fourth-order valence-corrected chi connectivity index (χ4v) is 4.57. The van der Waals surface area contributed by atoms with Gasteiger partial charge in [-0.05, 0) is 20.3 Å². The van der Waals surface area contributed by atoms with Gasteiger partial charge in [0.25, 0.3) is 0 Å². The maximum atomic E-state index is 10.7. The highest BCUT2D eigenvalue weighted by atomic mass is 16.7. The van der Waals surface area contributed by atoms with Crippen LogP contribution in [0.15, 0.2) is 0 Å². The van der Waals surface area contributed by atoms with Gasteiger partial charge in [0, 0.05) is 18.1 Å². The van der Waals surface area contributed by atoms with Crippen LogP contribution in [0.4, 0.5) is 0 Å². The third-order valence-corrected chi connectivity index (χ3v) is 6.58. The van der Waals surface area contributed by atoms with Crippen molar-refractivity contribution in [3.8, 4) is 0 Å². The Morgan fingerprint density at radius 3 is 1.82 bits per heavy atom. The molecule has 3 aliphatic rings. The largest absolute Gasteiger partial charge is 0.391 e. The molecule has 194 valence electrons. The lowest BCUT2D eigenvalue weighted by Crippen LogP contribution is -2.68. The average molecular weight is 483 g/mol. The second-order valence-electron chi connectivity index (χ2n) is 9.33. The number of nitrogens with two attached hydrogens (primary N) is 4. The summed E-state index contributed by atoms with van der Waals surface area (Å²) >= 11 is 0. The van der Waals surface area contributed by atoms with Crippen LogP contribution in [0.5, 0.6) is 0 Å². The molecular formula is C19H38N4O10. The molecule has 14 heteroatoms. The molecule has 14 nitrogen and oxygen atoms in total. The Morgan fingerprint density at radius 2 is 1.27 bits per heavy atom. The van der Waals surface area contributed by atoms with Crippen molar-refractivity contribution in [3.63, 3.8) is 0 Å². The molecule has 0 spiro atoms. The molecule has 0 bridgehead atoms. The Labute approximate surface area is 191 Å². The summed E-state index contributed by atoms with van der Waals surface area (Å²) in [7, 11) is 0. The molecule has 33 heavy (non-hydrogen) atoms. The van der Waals surface area contributed by atoms with Crippen LogP contribution in [0.2, 0.25) is 0 Å². The maximum Gasteiger partial charge on any atom is 0.187 e. The second-order valence-corrected chi connectivity index (χ2v) is 9.33. The predicted molar refractivity (Wildman–Crippen MR) is 111 cm³/mol. The molecule has 14 N–H and O–H groups in total. The summed E-state index contributed by atoms with van der Waals surface area (Å²) in [6.07, 6.45) is -15.2. The number of rotatable bonds is 6. The average Bonchev–Trinajstić information content (AvgIpc) is 3.02. The van der Waals surface area contributed by atoms with Crippen molar-refractivity contribution in [2.75, 3.05) is 0 Å². The second kappa shape index (κ2) is 10.6. The van der Waals surface area contributed by atoms with E-state index in [1.165, 1.54) is 6.92 Å². The lowest BCUT2D eigenvalue weighted by molar-refractivity contribution is -0.315.